The highest BCUT2D eigenvalue weighted by Crippen LogP contribution is 2.33. The average Bonchev–Trinajstić information content (AvgIpc) is 3.38. The fourth-order valence-electron chi connectivity index (χ4n) is 2.40. The summed E-state index contributed by atoms with van der Waals surface area (Å²) in [6.45, 7) is 2.19. The maximum absolute atomic E-state index is 14.3. The Morgan fingerprint density at radius 3 is 2.72 bits per heavy atom. The minimum Gasteiger partial charge on any atom is -0.488 e. The normalized spacial score (nSPS) is 15.3. The topological polar surface area (TPSA) is 47.0 Å². The molecule has 1 aromatic carbocycles. The van der Waals surface area contributed by atoms with Crippen LogP contribution in [0.1, 0.15) is 43.4 Å². The summed E-state index contributed by atoms with van der Waals surface area (Å²) < 4.78 is 45.8. The van der Waals surface area contributed by atoms with Crippen LogP contribution in [0.4, 0.5) is 19.0 Å². The number of nitrogens with zero attached hydrogens (tertiary/aromatic N) is 2. The van der Waals surface area contributed by atoms with Crippen molar-refractivity contribution in [2.24, 2.45) is 5.92 Å². The van der Waals surface area contributed by atoms with Crippen LogP contribution in [0.5, 0.6) is 5.75 Å². The molecule has 1 atom stereocenters. The van der Waals surface area contributed by atoms with Crippen LogP contribution in [-0.4, -0.2) is 16.6 Å². The number of aromatic nitrogens is 2. The Morgan fingerprint density at radius 1 is 1.32 bits per heavy atom. The van der Waals surface area contributed by atoms with E-state index in [-0.39, 0.29) is 10.8 Å². The second-order valence-corrected chi connectivity index (χ2v) is 6.36. The molecule has 134 valence electrons. The Hall–Kier alpha value is -2.02. The molecule has 0 aliphatic heterocycles. The lowest BCUT2D eigenvalue weighted by Gasteiger charge is -2.19. The summed E-state index contributed by atoms with van der Waals surface area (Å²) in [4.78, 5) is 7.96. The van der Waals surface area contributed by atoms with E-state index in [1.165, 1.54) is 18.3 Å². The molecule has 0 bridgehead atoms. The van der Waals surface area contributed by atoms with Crippen molar-refractivity contribution in [3.05, 3.63) is 46.6 Å². The molecule has 1 N–H and O–H groups in total. The molecule has 4 nitrogen and oxygen atoms in total. The van der Waals surface area contributed by atoms with Gasteiger partial charge in [0.25, 0.3) is 6.43 Å². The largest absolute Gasteiger partial charge is 0.488 e. The fourth-order valence-corrected chi connectivity index (χ4v) is 2.54. The zero-order valence-corrected chi connectivity index (χ0v) is 14.2. The fraction of sp³-hybridized carbons (Fsp3) is 0.412. The summed E-state index contributed by atoms with van der Waals surface area (Å²) in [6.07, 6.45) is 0.815. The van der Waals surface area contributed by atoms with Crippen molar-refractivity contribution in [3.8, 4) is 5.75 Å². The molecule has 0 saturated heterocycles. The van der Waals surface area contributed by atoms with Gasteiger partial charge < -0.3 is 10.1 Å². The molecule has 0 spiro atoms. The lowest BCUT2D eigenvalue weighted by atomic mass is 10.0. The standard InChI is InChI=1S/C17H17ClF3N3O/c1-9(11-3-2-4-12(14(11)19)15(20)21)23-16-13(7-22-17(18)24-16)25-8-10-5-6-10/h2-4,7,9-10,15H,5-6,8H2,1H3,(H,22,23,24)/t9-/m1/s1. The second-order valence-electron chi connectivity index (χ2n) is 6.02. The average molecular weight is 372 g/mol. The molecule has 2 aromatic rings. The number of halogens is 4. The minimum absolute atomic E-state index is 0.00951. The maximum Gasteiger partial charge on any atom is 0.266 e. The van der Waals surface area contributed by atoms with E-state index in [1.807, 2.05) is 0 Å². The Labute approximate surface area is 148 Å². The van der Waals surface area contributed by atoms with Crippen LogP contribution in [0.15, 0.2) is 24.4 Å². The van der Waals surface area contributed by atoms with Crippen molar-refractivity contribution in [1.29, 1.82) is 0 Å². The van der Waals surface area contributed by atoms with E-state index in [9.17, 15) is 13.2 Å². The molecule has 0 unspecified atom stereocenters. The van der Waals surface area contributed by atoms with Crippen LogP contribution in [0.25, 0.3) is 0 Å². The highest BCUT2D eigenvalue weighted by Gasteiger charge is 2.24. The minimum atomic E-state index is -2.88. The number of hydrogen-bond donors (Lipinski definition) is 1. The third-order valence-electron chi connectivity index (χ3n) is 4.01. The third kappa shape index (κ3) is 4.34. The van der Waals surface area contributed by atoms with Crippen LogP contribution >= 0.6 is 11.6 Å². The van der Waals surface area contributed by atoms with Crippen LogP contribution < -0.4 is 10.1 Å². The second kappa shape index (κ2) is 7.47. The smallest absolute Gasteiger partial charge is 0.266 e. The molecule has 1 heterocycles. The van der Waals surface area contributed by atoms with Gasteiger partial charge in [-0.2, -0.15) is 4.98 Å². The molecule has 25 heavy (non-hydrogen) atoms. The number of benzene rings is 1. The lowest BCUT2D eigenvalue weighted by molar-refractivity contribution is 0.146. The zero-order valence-electron chi connectivity index (χ0n) is 13.5. The van der Waals surface area contributed by atoms with Crippen molar-refractivity contribution in [2.75, 3.05) is 11.9 Å². The molecule has 1 saturated carbocycles. The van der Waals surface area contributed by atoms with Crippen LogP contribution in [0, 0.1) is 11.7 Å². The van der Waals surface area contributed by atoms with E-state index in [4.69, 9.17) is 16.3 Å². The van der Waals surface area contributed by atoms with Gasteiger partial charge in [-0.1, -0.05) is 18.2 Å². The molecular formula is C17H17ClF3N3O. The zero-order chi connectivity index (χ0) is 18.0. The van der Waals surface area contributed by atoms with Crippen molar-refractivity contribution >= 4 is 17.4 Å². The van der Waals surface area contributed by atoms with Crippen LogP contribution in [0.3, 0.4) is 0 Å². The molecule has 3 rings (SSSR count). The molecule has 1 aromatic heterocycles. The van der Waals surface area contributed by atoms with Gasteiger partial charge in [-0.3, -0.25) is 0 Å². The quantitative estimate of drug-likeness (QED) is 0.682. The van der Waals surface area contributed by atoms with Gasteiger partial charge in [0.05, 0.1) is 24.4 Å². The van der Waals surface area contributed by atoms with Crippen molar-refractivity contribution < 1.29 is 17.9 Å². The van der Waals surface area contributed by atoms with Gasteiger partial charge in [0.1, 0.15) is 5.82 Å². The first kappa shape index (κ1) is 17.8. The van der Waals surface area contributed by atoms with Gasteiger partial charge in [-0.25, -0.2) is 18.2 Å². The van der Waals surface area contributed by atoms with E-state index < -0.39 is 23.8 Å². The number of ether oxygens (including phenoxy) is 1. The number of anilines is 1. The highest BCUT2D eigenvalue weighted by molar-refractivity contribution is 6.28. The number of alkyl halides is 2. The van der Waals surface area contributed by atoms with Gasteiger partial charge >= 0.3 is 0 Å². The first-order valence-corrected chi connectivity index (χ1v) is 8.31. The maximum atomic E-state index is 14.3. The molecule has 1 fully saturated rings. The Kier molecular flexibility index (Phi) is 5.32. The van der Waals surface area contributed by atoms with E-state index in [1.54, 1.807) is 6.92 Å². The summed E-state index contributed by atoms with van der Waals surface area (Å²) in [5, 5.41) is 2.98. The van der Waals surface area contributed by atoms with E-state index in [0.717, 1.165) is 18.9 Å². The molecule has 8 heteroatoms. The Morgan fingerprint density at radius 2 is 2.04 bits per heavy atom. The van der Waals surface area contributed by atoms with E-state index >= 15 is 0 Å². The number of hydrogen-bond acceptors (Lipinski definition) is 4. The van der Waals surface area contributed by atoms with Gasteiger partial charge in [0, 0.05) is 5.56 Å². The van der Waals surface area contributed by atoms with Crippen LogP contribution in [0.2, 0.25) is 5.28 Å². The van der Waals surface area contributed by atoms with Gasteiger partial charge in [-0.05, 0) is 37.3 Å². The van der Waals surface area contributed by atoms with E-state index in [2.05, 4.69) is 15.3 Å². The Balaban J connectivity index is 1.81. The van der Waals surface area contributed by atoms with Crippen molar-refractivity contribution in [3.63, 3.8) is 0 Å². The van der Waals surface area contributed by atoms with E-state index in [0.29, 0.717) is 24.1 Å². The molecule has 0 amide bonds. The first-order chi connectivity index (χ1) is 12.0. The molecule has 1 aliphatic rings. The van der Waals surface area contributed by atoms with Crippen molar-refractivity contribution in [2.45, 2.75) is 32.2 Å². The first-order valence-electron chi connectivity index (χ1n) is 7.94. The predicted molar refractivity (Wildman–Crippen MR) is 88.7 cm³/mol. The monoisotopic (exact) mass is 371 g/mol. The van der Waals surface area contributed by atoms with Gasteiger partial charge in [-0.15, -0.1) is 0 Å². The molecule has 1 aliphatic carbocycles. The Bertz CT molecular complexity index is 756. The van der Waals surface area contributed by atoms with Crippen molar-refractivity contribution in [1.82, 2.24) is 9.97 Å². The van der Waals surface area contributed by atoms with Gasteiger partial charge in [0.2, 0.25) is 5.28 Å². The lowest BCUT2D eigenvalue weighted by Crippen LogP contribution is -2.13. The molecule has 0 radical (unpaired) electrons. The predicted octanol–water partition coefficient (Wildman–Crippen LogP) is 5.17. The summed E-state index contributed by atoms with van der Waals surface area (Å²) in [6, 6.07) is 3.30. The third-order valence-corrected chi connectivity index (χ3v) is 4.19. The number of nitrogens with one attached hydrogen (secondary N) is 1. The summed E-state index contributed by atoms with van der Waals surface area (Å²) in [5.41, 5.74) is -0.516. The number of rotatable bonds is 7. The molecular weight excluding hydrogens is 355 g/mol. The van der Waals surface area contributed by atoms with Gasteiger partial charge in [0.15, 0.2) is 11.6 Å². The summed E-state index contributed by atoms with van der Waals surface area (Å²) in [5.74, 6) is 0.294. The summed E-state index contributed by atoms with van der Waals surface area (Å²) >= 11 is 5.83. The SMILES string of the molecule is C[C@@H](Nc1nc(Cl)ncc1OCC1CC1)c1cccc(C(F)F)c1F. The van der Waals surface area contributed by atoms with Crippen LogP contribution in [-0.2, 0) is 0 Å². The summed E-state index contributed by atoms with van der Waals surface area (Å²) in [7, 11) is 0. The highest BCUT2D eigenvalue weighted by atomic mass is 35.5.